The second-order valence-corrected chi connectivity index (χ2v) is 8.15. The number of hydrogen-bond donors (Lipinski definition) is 1. The van der Waals surface area contributed by atoms with Crippen LogP contribution in [0.5, 0.6) is 0 Å². The molecule has 4 heteroatoms. The van der Waals surface area contributed by atoms with Crippen LogP contribution in [0.4, 0.5) is 0 Å². The van der Waals surface area contributed by atoms with Gasteiger partial charge in [-0.1, -0.05) is 74.7 Å². The van der Waals surface area contributed by atoms with Crippen LogP contribution in [0.1, 0.15) is 73.8 Å². The van der Waals surface area contributed by atoms with Crippen molar-refractivity contribution in [1.29, 1.82) is 0 Å². The summed E-state index contributed by atoms with van der Waals surface area (Å²) in [6.07, 6.45) is 8.60. The quantitative estimate of drug-likeness (QED) is 0.224. The van der Waals surface area contributed by atoms with Crippen molar-refractivity contribution in [2.45, 2.75) is 71.3 Å². The third-order valence-electron chi connectivity index (χ3n) is 5.64. The molecule has 0 aliphatic rings. The van der Waals surface area contributed by atoms with Crippen molar-refractivity contribution in [3.63, 3.8) is 0 Å². The summed E-state index contributed by atoms with van der Waals surface area (Å²) in [4.78, 5) is 0. The minimum atomic E-state index is -0.480. The fourth-order valence-electron chi connectivity index (χ4n) is 3.66. The van der Waals surface area contributed by atoms with E-state index in [1.807, 2.05) is 6.07 Å². The van der Waals surface area contributed by atoms with Crippen LogP contribution >= 0.6 is 0 Å². The fraction of sp³-hybridized carbons (Fsp3) is 0.556. The molecule has 1 atom stereocenters. The Morgan fingerprint density at radius 2 is 1.61 bits per heavy atom. The van der Waals surface area contributed by atoms with Crippen molar-refractivity contribution < 1.29 is 30.9 Å². The molecular weight excluding hydrogens is 554 g/mol. The SMILES string of the molecule is CCc1cc(C(O)C[N-]CCCCCCOCCCCc2ccccc2)ccc1C.[W]. The molecule has 0 aliphatic heterocycles. The van der Waals surface area contributed by atoms with E-state index < -0.39 is 6.10 Å². The zero-order valence-corrected chi connectivity index (χ0v) is 22.3. The first-order chi connectivity index (χ1) is 14.7. The van der Waals surface area contributed by atoms with Crippen LogP contribution < -0.4 is 0 Å². The molecular formula is C27H40NO2W-. The minimum Gasteiger partial charge on any atom is -0.660 e. The molecule has 1 unspecified atom stereocenters. The molecule has 2 rings (SSSR count). The molecule has 1 N–H and O–H groups in total. The Kier molecular flexibility index (Phi) is 15.9. The Bertz CT molecular complexity index is 693. The van der Waals surface area contributed by atoms with Gasteiger partial charge in [-0.15, -0.1) is 13.1 Å². The van der Waals surface area contributed by atoms with Crippen molar-refractivity contribution in [2.75, 3.05) is 26.3 Å². The van der Waals surface area contributed by atoms with Gasteiger partial charge in [-0.2, -0.15) is 0 Å². The summed E-state index contributed by atoms with van der Waals surface area (Å²) in [5.74, 6) is 0. The molecule has 2 aromatic rings. The summed E-state index contributed by atoms with van der Waals surface area (Å²) in [6, 6.07) is 16.9. The minimum absolute atomic E-state index is 0. The van der Waals surface area contributed by atoms with Crippen LogP contribution in [0.15, 0.2) is 48.5 Å². The first kappa shape index (κ1) is 28.0. The average Bonchev–Trinajstić information content (AvgIpc) is 2.77. The molecule has 0 spiro atoms. The number of hydrogen-bond acceptors (Lipinski definition) is 2. The van der Waals surface area contributed by atoms with E-state index in [9.17, 15) is 5.11 Å². The summed E-state index contributed by atoms with van der Waals surface area (Å²) in [6.45, 7) is 7.35. The van der Waals surface area contributed by atoms with Crippen molar-refractivity contribution >= 4 is 0 Å². The van der Waals surface area contributed by atoms with Gasteiger partial charge in [0.2, 0.25) is 0 Å². The fourth-order valence-corrected chi connectivity index (χ4v) is 3.66. The molecule has 172 valence electrons. The molecule has 2 aromatic carbocycles. The Balaban J connectivity index is 0.00000480. The van der Waals surface area contributed by atoms with E-state index in [-0.39, 0.29) is 21.1 Å². The Labute approximate surface area is 204 Å². The largest absolute Gasteiger partial charge is 0.660 e. The van der Waals surface area contributed by atoms with Gasteiger partial charge >= 0.3 is 0 Å². The van der Waals surface area contributed by atoms with Crippen LogP contribution in [-0.2, 0) is 38.6 Å². The van der Waals surface area contributed by atoms with E-state index in [0.29, 0.717) is 6.54 Å². The van der Waals surface area contributed by atoms with E-state index in [0.717, 1.165) is 57.4 Å². The molecule has 0 aromatic heterocycles. The molecule has 0 fully saturated rings. The number of benzene rings is 2. The number of aliphatic hydroxyl groups excluding tert-OH is 1. The molecule has 0 heterocycles. The first-order valence-corrected chi connectivity index (χ1v) is 11.7. The molecule has 0 saturated carbocycles. The predicted octanol–water partition coefficient (Wildman–Crippen LogP) is 6.56. The second-order valence-electron chi connectivity index (χ2n) is 8.15. The maximum absolute atomic E-state index is 10.3. The summed E-state index contributed by atoms with van der Waals surface area (Å²) >= 11 is 0. The average molecular weight is 594 g/mol. The number of aliphatic hydroxyl groups is 1. The van der Waals surface area contributed by atoms with E-state index in [1.165, 1.54) is 36.0 Å². The van der Waals surface area contributed by atoms with Crippen LogP contribution in [0.25, 0.3) is 5.32 Å². The van der Waals surface area contributed by atoms with Gasteiger partial charge in [-0.05, 0) is 61.3 Å². The number of rotatable bonds is 16. The van der Waals surface area contributed by atoms with E-state index in [2.05, 4.69) is 61.6 Å². The van der Waals surface area contributed by atoms with Crippen molar-refractivity contribution in [2.24, 2.45) is 0 Å². The van der Waals surface area contributed by atoms with Crippen molar-refractivity contribution in [3.05, 3.63) is 76.1 Å². The van der Waals surface area contributed by atoms with Gasteiger partial charge in [0.15, 0.2) is 0 Å². The predicted molar refractivity (Wildman–Crippen MR) is 127 cm³/mol. The number of unbranched alkanes of at least 4 members (excludes halogenated alkanes) is 4. The molecule has 31 heavy (non-hydrogen) atoms. The van der Waals surface area contributed by atoms with Crippen LogP contribution in [0.3, 0.4) is 0 Å². The van der Waals surface area contributed by atoms with Gasteiger partial charge in [0.1, 0.15) is 0 Å². The van der Waals surface area contributed by atoms with E-state index in [1.54, 1.807) is 0 Å². The maximum atomic E-state index is 10.3. The summed E-state index contributed by atoms with van der Waals surface area (Å²) < 4.78 is 5.75. The number of ether oxygens (including phenoxy) is 1. The Morgan fingerprint density at radius 3 is 2.35 bits per heavy atom. The normalized spacial score (nSPS) is 11.8. The monoisotopic (exact) mass is 594 g/mol. The first-order valence-electron chi connectivity index (χ1n) is 11.7. The molecule has 0 amide bonds. The third-order valence-corrected chi connectivity index (χ3v) is 5.64. The maximum Gasteiger partial charge on any atom is 0.0603 e. The van der Waals surface area contributed by atoms with Gasteiger partial charge in [0.25, 0.3) is 0 Å². The van der Waals surface area contributed by atoms with Crippen LogP contribution in [0.2, 0.25) is 0 Å². The molecule has 0 bridgehead atoms. The smallest absolute Gasteiger partial charge is 0.0603 e. The Hall–Kier alpha value is -0.992. The molecule has 3 nitrogen and oxygen atoms in total. The third kappa shape index (κ3) is 12.0. The molecule has 0 aliphatic carbocycles. The molecule has 0 saturated heterocycles. The Morgan fingerprint density at radius 1 is 0.903 bits per heavy atom. The summed E-state index contributed by atoms with van der Waals surface area (Å²) in [5.41, 5.74) is 5.01. The zero-order chi connectivity index (χ0) is 21.4. The van der Waals surface area contributed by atoms with Crippen molar-refractivity contribution in [1.82, 2.24) is 0 Å². The topological polar surface area (TPSA) is 43.6 Å². The standard InChI is InChI=1S/C27H40NO2.W/c1-3-25-21-26(17-16-23(25)2)27(29)22-28-18-10-4-5-11-19-30-20-12-9-15-24-13-7-6-8-14-24;/h6-8,13-14,16-17,21,27,29H,3-5,9-12,15,18-20,22H2,1-2H3;/q-1;. The van der Waals surface area contributed by atoms with Gasteiger partial charge in [-0.3, -0.25) is 0 Å². The summed E-state index contributed by atoms with van der Waals surface area (Å²) in [7, 11) is 0. The summed E-state index contributed by atoms with van der Waals surface area (Å²) in [5, 5.41) is 14.9. The van der Waals surface area contributed by atoms with Gasteiger partial charge in [0.05, 0.1) is 6.10 Å². The van der Waals surface area contributed by atoms with Crippen LogP contribution in [0, 0.1) is 6.92 Å². The van der Waals surface area contributed by atoms with E-state index >= 15 is 0 Å². The van der Waals surface area contributed by atoms with E-state index in [4.69, 9.17) is 4.74 Å². The van der Waals surface area contributed by atoms with Crippen LogP contribution in [-0.4, -0.2) is 31.4 Å². The number of nitrogens with zero attached hydrogens (tertiary/aromatic N) is 1. The number of aryl methyl sites for hydroxylation is 3. The van der Waals surface area contributed by atoms with Gasteiger partial charge in [0, 0.05) is 34.3 Å². The van der Waals surface area contributed by atoms with Crippen molar-refractivity contribution in [3.8, 4) is 0 Å². The van der Waals surface area contributed by atoms with Gasteiger partial charge in [-0.25, -0.2) is 0 Å². The zero-order valence-electron chi connectivity index (χ0n) is 19.4. The second kappa shape index (κ2) is 17.6. The molecule has 0 radical (unpaired) electrons. The van der Waals surface area contributed by atoms with Gasteiger partial charge < -0.3 is 15.2 Å².